The Kier molecular flexibility index (Phi) is 6.00. The van der Waals surface area contributed by atoms with Crippen molar-refractivity contribution in [3.63, 3.8) is 0 Å². The summed E-state index contributed by atoms with van der Waals surface area (Å²) in [5.74, 6) is 0.828. The Bertz CT molecular complexity index is 1060. The molecule has 2 heterocycles. The van der Waals surface area contributed by atoms with Crippen LogP contribution in [0.15, 0.2) is 34.4 Å². The lowest BCUT2D eigenvalue weighted by molar-refractivity contribution is 0.585. The molecule has 0 unspecified atom stereocenters. The summed E-state index contributed by atoms with van der Waals surface area (Å²) in [6.45, 7) is 9.22. The van der Waals surface area contributed by atoms with Gasteiger partial charge < -0.3 is 0 Å². The van der Waals surface area contributed by atoms with E-state index in [1.54, 1.807) is 4.57 Å². The zero-order chi connectivity index (χ0) is 20.3. The predicted molar refractivity (Wildman–Crippen MR) is 117 cm³/mol. The molecule has 0 spiro atoms. The molecule has 1 aromatic carbocycles. The molecule has 0 aliphatic heterocycles. The van der Waals surface area contributed by atoms with Gasteiger partial charge in [0.1, 0.15) is 10.7 Å². The van der Waals surface area contributed by atoms with Gasteiger partial charge in [-0.3, -0.25) is 9.36 Å². The fourth-order valence-electron chi connectivity index (χ4n) is 3.39. The van der Waals surface area contributed by atoms with E-state index in [4.69, 9.17) is 10.2 Å². The summed E-state index contributed by atoms with van der Waals surface area (Å²) in [6, 6.07) is 10.6. The fraction of sp³-hybridized carbons (Fsp3) is 0.435. The van der Waals surface area contributed by atoms with E-state index in [9.17, 15) is 4.79 Å². The van der Waals surface area contributed by atoms with Crippen LogP contribution in [0.1, 0.15) is 58.3 Å². The molecule has 0 aliphatic carbocycles. The summed E-state index contributed by atoms with van der Waals surface area (Å²) in [5, 5.41) is 11.6. The first-order chi connectivity index (χ1) is 13.4. The van der Waals surface area contributed by atoms with Crippen molar-refractivity contribution in [3.05, 3.63) is 51.4 Å². The van der Waals surface area contributed by atoms with Crippen molar-refractivity contribution in [2.24, 2.45) is 0 Å². The molecule has 3 rings (SSSR count). The van der Waals surface area contributed by atoms with Gasteiger partial charge in [0.2, 0.25) is 0 Å². The topological polar surface area (TPSA) is 58.7 Å². The number of nitriles is 1. The minimum absolute atomic E-state index is 0.0162. The molecule has 3 aromatic rings. The standard InChI is InChI=1S/C23H27N3OS/c1-5-8-19-25-21-20(22(27)26(19)14-7-6-13-24)18(15-28-21)16-9-11-17(12-10-16)23(2,3)4/h9-12,15H,5-8,14H2,1-4H3. The van der Waals surface area contributed by atoms with E-state index in [0.29, 0.717) is 24.8 Å². The van der Waals surface area contributed by atoms with Crippen molar-refractivity contribution in [2.45, 2.75) is 65.3 Å². The van der Waals surface area contributed by atoms with Gasteiger partial charge in [0, 0.05) is 30.3 Å². The summed E-state index contributed by atoms with van der Waals surface area (Å²) in [7, 11) is 0. The average Bonchev–Trinajstić information content (AvgIpc) is 3.08. The first kappa shape index (κ1) is 20.3. The van der Waals surface area contributed by atoms with Gasteiger partial charge in [0.05, 0.1) is 11.5 Å². The van der Waals surface area contributed by atoms with E-state index < -0.39 is 0 Å². The lowest BCUT2D eigenvalue weighted by atomic mass is 9.86. The van der Waals surface area contributed by atoms with Gasteiger partial charge in [0.25, 0.3) is 5.56 Å². The second-order valence-electron chi connectivity index (χ2n) is 8.15. The number of nitrogens with zero attached hydrogens (tertiary/aromatic N) is 3. The van der Waals surface area contributed by atoms with Gasteiger partial charge in [0.15, 0.2) is 0 Å². The Morgan fingerprint density at radius 2 is 1.93 bits per heavy atom. The number of thiophene rings is 1. The highest BCUT2D eigenvalue weighted by Gasteiger charge is 2.18. The second kappa shape index (κ2) is 8.28. The Labute approximate surface area is 170 Å². The molecule has 146 valence electrons. The van der Waals surface area contributed by atoms with E-state index in [1.165, 1.54) is 16.9 Å². The van der Waals surface area contributed by atoms with Crippen LogP contribution in [0.3, 0.4) is 0 Å². The molecule has 28 heavy (non-hydrogen) atoms. The summed E-state index contributed by atoms with van der Waals surface area (Å²) >= 11 is 1.53. The maximum absolute atomic E-state index is 13.3. The van der Waals surface area contributed by atoms with Gasteiger partial charge in [-0.05, 0) is 29.4 Å². The van der Waals surface area contributed by atoms with E-state index in [1.807, 2.05) is 5.38 Å². The number of aromatic nitrogens is 2. The van der Waals surface area contributed by atoms with Gasteiger partial charge in [-0.15, -0.1) is 11.3 Å². The summed E-state index contributed by atoms with van der Waals surface area (Å²) in [5.41, 5.74) is 3.38. The highest BCUT2D eigenvalue weighted by atomic mass is 32.1. The quantitative estimate of drug-likeness (QED) is 0.506. The average molecular weight is 394 g/mol. The third-order valence-electron chi connectivity index (χ3n) is 4.98. The van der Waals surface area contributed by atoms with Crippen LogP contribution in [-0.4, -0.2) is 9.55 Å². The van der Waals surface area contributed by atoms with Crippen molar-refractivity contribution in [3.8, 4) is 17.2 Å². The summed E-state index contributed by atoms with van der Waals surface area (Å²) in [4.78, 5) is 19.0. The van der Waals surface area contributed by atoms with Crippen molar-refractivity contribution >= 4 is 21.6 Å². The van der Waals surface area contributed by atoms with E-state index >= 15 is 0 Å². The van der Waals surface area contributed by atoms with E-state index in [0.717, 1.165) is 34.6 Å². The van der Waals surface area contributed by atoms with Gasteiger partial charge in [-0.1, -0.05) is 52.0 Å². The van der Waals surface area contributed by atoms with Crippen LogP contribution in [0.2, 0.25) is 0 Å². The number of rotatable bonds is 6. The highest BCUT2D eigenvalue weighted by Crippen LogP contribution is 2.33. The van der Waals surface area contributed by atoms with Crippen molar-refractivity contribution < 1.29 is 0 Å². The zero-order valence-electron chi connectivity index (χ0n) is 17.1. The number of hydrogen-bond acceptors (Lipinski definition) is 4. The highest BCUT2D eigenvalue weighted by molar-refractivity contribution is 7.17. The molecule has 0 bridgehead atoms. The lowest BCUT2D eigenvalue weighted by Gasteiger charge is -2.19. The largest absolute Gasteiger partial charge is 0.296 e. The molecule has 5 heteroatoms. The van der Waals surface area contributed by atoms with Crippen molar-refractivity contribution in [2.75, 3.05) is 0 Å². The number of fused-ring (bicyclic) bond motifs is 1. The van der Waals surface area contributed by atoms with Gasteiger partial charge in [-0.25, -0.2) is 4.98 Å². The van der Waals surface area contributed by atoms with E-state index in [-0.39, 0.29) is 11.0 Å². The first-order valence-electron chi connectivity index (χ1n) is 9.85. The Morgan fingerprint density at radius 3 is 2.54 bits per heavy atom. The van der Waals surface area contributed by atoms with Crippen LogP contribution < -0.4 is 5.56 Å². The lowest BCUT2D eigenvalue weighted by Crippen LogP contribution is -2.25. The molecule has 0 aliphatic rings. The second-order valence-corrected chi connectivity index (χ2v) is 9.01. The number of benzene rings is 1. The van der Waals surface area contributed by atoms with Gasteiger partial charge in [-0.2, -0.15) is 5.26 Å². The zero-order valence-corrected chi connectivity index (χ0v) is 17.9. The maximum atomic E-state index is 13.3. The van der Waals surface area contributed by atoms with Crippen LogP contribution in [0.25, 0.3) is 21.3 Å². The van der Waals surface area contributed by atoms with Crippen LogP contribution >= 0.6 is 11.3 Å². The molecule has 0 N–H and O–H groups in total. The van der Waals surface area contributed by atoms with Crippen LogP contribution in [-0.2, 0) is 18.4 Å². The van der Waals surface area contributed by atoms with Crippen LogP contribution in [0.4, 0.5) is 0 Å². The van der Waals surface area contributed by atoms with Crippen molar-refractivity contribution in [1.82, 2.24) is 9.55 Å². The minimum Gasteiger partial charge on any atom is -0.296 e. The normalized spacial score (nSPS) is 11.7. The third kappa shape index (κ3) is 4.02. The summed E-state index contributed by atoms with van der Waals surface area (Å²) < 4.78 is 1.78. The molecular weight excluding hydrogens is 366 g/mol. The fourth-order valence-corrected chi connectivity index (χ4v) is 4.35. The molecule has 0 fully saturated rings. The smallest absolute Gasteiger partial charge is 0.262 e. The minimum atomic E-state index is 0.0162. The summed E-state index contributed by atoms with van der Waals surface area (Å²) in [6.07, 6.45) is 2.81. The number of unbranched alkanes of at least 4 members (excludes halogenated alkanes) is 1. The van der Waals surface area contributed by atoms with Gasteiger partial charge >= 0.3 is 0 Å². The Morgan fingerprint density at radius 1 is 1.21 bits per heavy atom. The molecule has 0 radical (unpaired) electrons. The number of hydrogen-bond donors (Lipinski definition) is 0. The molecule has 0 atom stereocenters. The molecule has 0 saturated carbocycles. The molecule has 2 aromatic heterocycles. The van der Waals surface area contributed by atoms with Crippen LogP contribution in [0, 0.1) is 11.3 Å². The predicted octanol–water partition coefficient (Wildman–Crippen LogP) is 5.68. The van der Waals surface area contributed by atoms with Crippen molar-refractivity contribution in [1.29, 1.82) is 5.26 Å². The molecule has 0 saturated heterocycles. The molecular formula is C23H27N3OS. The first-order valence-corrected chi connectivity index (χ1v) is 10.7. The number of aryl methyl sites for hydroxylation is 1. The Hall–Kier alpha value is -2.45. The maximum Gasteiger partial charge on any atom is 0.262 e. The van der Waals surface area contributed by atoms with E-state index in [2.05, 4.69) is 58.0 Å². The Balaban J connectivity index is 2.11. The third-order valence-corrected chi connectivity index (χ3v) is 5.85. The van der Waals surface area contributed by atoms with Crippen LogP contribution in [0.5, 0.6) is 0 Å². The monoisotopic (exact) mass is 393 g/mol. The SMILES string of the molecule is CCCc1nc2scc(-c3ccc(C(C)(C)C)cc3)c2c(=O)n1CCCC#N. The molecule has 0 amide bonds. The molecule has 4 nitrogen and oxygen atoms in total.